The molecule has 10 heteroatoms. The minimum Gasteiger partial charge on any atom is -0.382 e. The zero-order chi connectivity index (χ0) is 25.3. The molecule has 0 radical (unpaired) electrons. The predicted octanol–water partition coefficient (Wildman–Crippen LogP) is 8.03. The lowest BCUT2D eigenvalue weighted by atomic mass is 10.1. The molecule has 7 nitrogen and oxygen atoms in total. The van der Waals surface area contributed by atoms with Gasteiger partial charge in [0.15, 0.2) is 11.5 Å². The van der Waals surface area contributed by atoms with E-state index in [1.54, 1.807) is 17.1 Å². The third-order valence-electron chi connectivity index (χ3n) is 6.06. The van der Waals surface area contributed by atoms with Gasteiger partial charge in [-0.25, -0.2) is 15.0 Å². The number of ether oxygens (including phenoxy) is 1. The molecule has 198 valence electrons. The van der Waals surface area contributed by atoms with E-state index in [0.29, 0.717) is 23.5 Å². The lowest BCUT2D eigenvalue weighted by Gasteiger charge is -2.11. The average molecular weight is 543 g/mol. The van der Waals surface area contributed by atoms with Crippen LogP contribution in [0.3, 0.4) is 0 Å². The van der Waals surface area contributed by atoms with Crippen LogP contribution in [-0.2, 0) is 15.8 Å². The van der Waals surface area contributed by atoms with Gasteiger partial charge in [-0.05, 0) is 31.1 Å². The maximum atomic E-state index is 12.6. The predicted molar refractivity (Wildman–Crippen MR) is 153 cm³/mol. The van der Waals surface area contributed by atoms with Gasteiger partial charge >= 0.3 is 7.80 Å². The number of anilines is 1. The molecule has 35 heavy (non-hydrogen) atoms. The fraction of sp³-hybridized carbons (Fsp3) is 0.800. The average Bonchev–Trinajstić information content (AvgIpc) is 3.26. The van der Waals surface area contributed by atoms with Gasteiger partial charge in [0.1, 0.15) is 11.8 Å². The van der Waals surface area contributed by atoms with E-state index in [0.717, 1.165) is 5.75 Å². The van der Waals surface area contributed by atoms with Crippen molar-refractivity contribution in [1.82, 2.24) is 19.5 Å². The van der Waals surface area contributed by atoms with E-state index in [1.807, 2.05) is 29.2 Å². The summed E-state index contributed by atoms with van der Waals surface area (Å²) in [7, 11) is 2.17. The molecule has 0 saturated heterocycles. The number of imidazole rings is 1. The van der Waals surface area contributed by atoms with Crippen molar-refractivity contribution in [3.8, 4) is 0 Å². The lowest BCUT2D eigenvalue weighted by Crippen LogP contribution is -2.16. The summed E-state index contributed by atoms with van der Waals surface area (Å²) in [5.74, 6) is 1.50. The Morgan fingerprint density at radius 2 is 1.60 bits per heavy atom. The van der Waals surface area contributed by atoms with Gasteiger partial charge in [0.05, 0.1) is 19.0 Å². The summed E-state index contributed by atoms with van der Waals surface area (Å²) in [6.07, 6.45) is 19.8. The number of rotatable bonds is 21. The highest BCUT2D eigenvalue weighted by Crippen LogP contribution is 2.42. The molecule has 0 aliphatic rings. The highest BCUT2D eigenvalue weighted by atomic mass is 33.1. The first-order chi connectivity index (χ1) is 17.0. The number of fused-ring (bicyclic) bond motifs is 1. The molecule has 2 N–H and O–H groups in total. The third kappa shape index (κ3) is 12.3. The van der Waals surface area contributed by atoms with Gasteiger partial charge in [-0.2, -0.15) is 0 Å². The first-order valence-electron chi connectivity index (χ1n) is 13.3. The van der Waals surface area contributed by atoms with Crippen molar-refractivity contribution >= 4 is 46.4 Å². The highest BCUT2D eigenvalue weighted by molar-refractivity contribution is 8.77. The van der Waals surface area contributed by atoms with Crippen molar-refractivity contribution in [2.75, 3.05) is 17.8 Å². The van der Waals surface area contributed by atoms with E-state index in [1.165, 1.54) is 83.4 Å². The topological polar surface area (TPSA) is 95.9 Å². The Balaban J connectivity index is 1.46. The minimum atomic E-state index is -1.42. The van der Waals surface area contributed by atoms with Gasteiger partial charge < -0.3 is 15.0 Å². The Hall–Kier alpha value is -0.890. The summed E-state index contributed by atoms with van der Waals surface area (Å²) < 4.78 is 20.4. The number of nitrogen functional groups attached to an aromatic ring is 1. The molecule has 2 rings (SSSR count). The third-order valence-corrected chi connectivity index (χ3v) is 11.4. The van der Waals surface area contributed by atoms with E-state index in [-0.39, 0.29) is 17.4 Å². The zero-order valence-corrected chi connectivity index (χ0v) is 24.4. The molecule has 0 bridgehead atoms. The van der Waals surface area contributed by atoms with Crippen LogP contribution >= 0.6 is 29.4 Å². The van der Waals surface area contributed by atoms with E-state index in [9.17, 15) is 4.57 Å². The number of hydrogen-bond donors (Lipinski definition) is 1. The molecule has 0 aromatic carbocycles. The van der Waals surface area contributed by atoms with Crippen LogP contribution in [0.4, 0.5) is 5.82 Å². The number of nitrogens with two attached hydrogens (primary N) is 1. The Kier molecular flexibility index (Phi) is 15.9. The summed E-state index contributed by atoms with van der Waals surface area (Å²) in [6.45, 7) is 6.86. The fourth-order valence-electron chi connectivity index (χ4n) is 3.86. The summed E-state index contributed by atoms with van der Waals surface area (Å²) in [6, 6.07) is 0. The van der Waals surface area contributed by atoms with Gasteiger partial charge in [0.2, 0.25) is 11.3 Å². The van der Waals surface area contributed by atoms with Crippen LogP contribution < -0.4 is 5.73 Å². The Morgan fingerprint density at radius 3 is 2.26 bits per heavy atom. The number of unbranched alkanes of at least 4 members (excludes halogenated alkanes) is 11. The molecule has 0 spiro atoms. The van der Waals surface area contributed by atoms with Gasteiger partial charge in [-0.3, -0.25) is 0 Å². The number of hydrogen-bond acceptors (Lipinski definition) is 8. The van der Waals surface area contributed by atoms with Crippen molar-refractivity contribution in [3.63, 3.8) is 0 Å². The summed E-state index contributed by atoms with van der Waals surface area (Å²) in [5.41, 5.74) is 7.13. The van der Waals surface area contributed by atoms with Crippen molar-refractivity contribution in [1.29, 1.82) is 0 Å². The maximum Gasteiger partial charge on any atom is 0.381 e. The van der Waals surface area contributed by atoms with Crippen LogP contribution in [0, 0.1) is 0 Å². The summed E-state index contributed by atoms with van der Waals surface area (Å²) >= 11 is 0. The smallest absolute Gasteiger partial charge is 0.381 e. The first kappa shape index (κ1) is 30.3. The molecular weight excluding hydrogens is 497 g/mol. The van der Waals surface area contributed by atoms with Crippen LogP contribution in [-0.4, -0.2) is 42.7 Å². The summed E-state index contributed by atoms with van der Waals surface area (Å²) in [4.78, 5) is 12.6. The van der Waals surface area contributed by atoms with Crippen LogP contribution in [0.15, 0.2) is 12.7 Å². The van der Waals surface area contributed by atoms with E-state index >= 15 is 0 Å². The fourth-order valence-corrected chi connectivity index (χ4v) is 8.30. The number of nitrogens with zero attached hydrogens (tertiary/aromatic N) is 4. The Bertz CT molecular complexity index is 854. The monoisotopic (exact) mass is 542 g/mol. The Labute approximate surface area is 220 Å². The molecule has 3 atom stereocenters. The van der Waals surface area contributed by atoms with Crippen LogP contribution in [0.25, 0.3) is 11.2 Å². The standard InChI is InChI=1S/C25H45N5O2PS2/c1-4-5-6-7-8-9-10-11-12-13-14-15-16-34-35-22(3)33(31)20-32-21(2)17-30-19-29-23-24(26)27-18-28-25(23)30/h18-19,21-22H,4-17,20H2,1-3H3,(H2,26,27,28)/q+1. The molecule has 0 saturated carbocycles. The SMILES string of the molecule is CCCCCCCCCCCCCCSSC(C)[P+](=O)COC(C)Cn1cnc2c(N)ncnc21. The van der Waals surface area contributed by atoms with Crippen LogP contribution in [0.1, 0.15) is 97.8 Å². The van der Waals surface area contributed by atoms with E-state index in [2.05, 4.69) is 21.9 Å². The molecule has 2 aromatic heterocycles. The van der Waals surface area contributed by atoms with Crippen molar-refractivity contribution in [2.24, 2.45) is 0 Å². The largest absolute Gasteiger partial charge is 0.382 e. The van der Waals surface area contributed by atoms with E-state index < -0.39 is 7.80 Å². The second kappa shape index (κ2) is 18.4. The van der Waals surface area contributed by atoms with Gasteiger partial charge in [0.25, 0.3) is 0 Å². The Morgan fingerprint density at radius 1 is 0.971 bits per heavy atom. The molecule has 3 unspecified atom stereocenters. The summed E-state index contributed by atoms with van der Waals surface area (Å²) in [5, 5.41) is 0. The lowest BCUT2D eigenvalue weighted by molar-refractivity contribution is 0.0880. The second-order valence-electron chi connectivity index (χ2n) is 9.26. The van der Waals surface area contributed by atoms with Crippen molar-refractivity contribution in [2.45, 2.75) is 115 Å². The van der Waals surface area contributed by atoms with E-state index in [4.69, 9.17) is 10.5 Å². The van der Waals surface area contributed by atoms with Crippen LogP contribution in [0.5, 0.6) is 0 Å². The van der Waals surface area contributed by atoms with Gasteiger partial charge in [0, 0.05) is 5.75 Å². The first-order valence-corrected chi connectivity index (χ1v) is 17.2. The molecule has 2 heterocycles. The second-order valence-corrected chi connectivity index (χ2v) is 14.3. The van der Waals surface area contributed by atoms with Gasteiger partial charge in [-0.15, -0.1) is 0 Å². The highest BCUT2D eigenvalue weighted by Gasteiger charge is 2.27. The van der Waals surface area contributed by atoms with Crippen LogP contribution in [0.2, 0.25) is 0 Å². The molecular formula is C25H45N5O2PS2+. The zero-order valence-electron chi connectivity index (χ0n) is 21.9. The molecule has 2 aromatic rings. The normalized spacial score (nSPS) is 13.9. The molecule has 0 aliphatic carbocycles. The van der Waals surface area contributed by atoms with Crippen molar-refractivity contribution in [3.05, 3.63) is 12.7 Å². The maximum absolute atomic E-state index is 12.6. The minimum absolute atomic E-state index is 0.0844. The van der Waals surface area contributed by atoms with Crippen molar-refractivity contribution < 1.29 is 9.30 Å². The molecule has 0 aliphatic heterocycles. The molecule has 0 amide bonds. The molecule has 0 fully saturated rings. The van der Waals surface area contributed by atoms with Gasteiger partial charge in [-0.1, -0.05) is 92.9 Å². The quantitative estimate of drug-likeness (QED) is 0.0962. The number of aromatic nitrogens is 4.